The molecule has 10 atom stereocenters. The predicted octanol–water partition coefficient (Wildman–Crippen LogP) is -0.398. The average molecular weight is 644 g/mol. The summed E-state index contributed by atoms with van der Waals surface area (Å²) in [4.78, 5) is 54.6. The van der Waals surface area contributed by atoms with E-state index in [0.717, 1.165) is 13.1 Å². The number of Topliss-reactive ketones (excluding diaryl/α,β-unsaturated/α-hetero) is 1. The van der Waals surface area contributed by atoms with Crippen molar-refractivity contribution in [2.75, 3.05) is 26.2 Å². The van der Waals surface area contributed by atoms with Gasteiger partial charge < -0.3 is 39.4 Å². The van der Waals surface area contributed by atoms with Crippen LogP contribution in [0.5, 0.6) is 0 Å². The van der Waals surface area contributed by atoms with Crippen LogP contribution in [-0.2, 0) is 44.5 Å². The lowest BCUT2D eigenvalue weighted by Crippen LogP contribution is -2.80. The summed E-state index contributed by atoms with van der Waals surface area (Å²) >= 11 is 0. The molecule has 2 aliphatic heterocycles. The van der Waals surface area contributed by atoms with Gasteiger partial charge in [-0.05, 0) is 30.6 Å². The van der Waals surface area contributed by atoms with Gasteiger partial charge in [-0.3, -0.25) is 19.3 Å². The Morgan fingerprint density at radius 3 is 2.43 bits per heavy atom. The van der Waals surface area contributed by atoms with Gasteiger partial charge in [0.15, 0.2) is 11.4 Å². The number of ether oxygens (including phenoxy) is 4. The Balaban J connectivity index is 1.34. The van der Waals surface area contributed by atoms with Crippen LogP contribution in [-0.4, -0.2) is 123 Å². The number of aliphatic hydroxyl groups excluding tert-OH is 3. The predicted molar refractivity (Wildman–Crippen MR) is 157 cm³/mol. The van der Waals surface area contributed by atoms with E-state index in [1.807, 2.05) is 11.0 Å². The molecule has 3 aliphatic carbocycles. The molecule has 0 spiro atoms. The van der Waals surface area contributed by atoms with Gasteiger partial charge in [0.05, 0.1) is 36.4 Å². The van der Waals surface area contributed by atoms with E-state index in [1.165, 1.54) is 13.8 Å². The molecule has 0 aromatic heterocycles. The van der Waals surface area contributed by atoms with Crippen molar-refractivity contribution in [3.63, 3.8) is 0 Å². The van der Waals surface area contributed by atoms with Gasteiger partial charge in [0.1, 0.15) is 18.3 Å². The Labute approximate surface area is 266 Å². The monoisotopic (exact) mass is 643 g/mol. The van der Waals surface area contributed by atoms with Crippen LogP contribution < -0.4 is 0 Å². The largest absolute Gasteiger partial charge is 0.455 e. The first-order chi connectivity index (χ1) is 21.7. The van der Waals surface area contributed by atoms with Crippen molar-refractivity contribution >= 4 is 23.7 Å². The normalized spacial score (nSPS) is 39.1. The zero-order chi connectivity index (χ0) is 33.2. The van der Waals surface area contributed by atoms with E-state index in [9.17, 15) is 39.6 Å². The molecule has 2 saturated heterocycles. The molecule has 1 aromatic carbocycles. The van der Waals surface area contributed by atoms with Crippen molar-refractivity contribution in [2.45, 2.75) is 94.3 Å². The second kappa shape index (κ2) is 11.8. The van der Waals surface area contributed by atoms with Gasteiger partial charge in [-0.2, -0.15) is 0 Å². The number of aliphatic hydroxyl groups is 4. The summed E-state index contributed by atoms with van der Waals surface area (Å²) in [6, 6.07) is 8.92. The molecular formula is C33H41NO12. The van der Waals surface area contributed by atoms with Crippen LogP contribution in [0.1, 0.15) is 45.6 Å². The highest BCUT2D eigenvalue weighted by atomic mass is 16.6. The molecule has 2 heterocycles. The highest BCUT2D eigenvalue weighted by Crippen LogP contribution is 2.60. The van der Waals surface area contributed by atoms with Crippen molar-refractivity contribution in [1.29, 1.82) is 0 Å². The SMILES string of the molecule is CC(=O)O[C@@]12COC1C[C@H](O)C1(C)C(=O)[C@H](O)C3=C(C)[C@@H](OC(=O)[C@@H](Cc4ccccc4)OC(=O)CN4CC4)C[C@](O)(C3)[C@@H](O)C12. The Morgan fingerprint density at radius 1 is 1.13 bits per heavy atom. The van der Waals surface area contributed by atoms with E-state index in [4.69, 9.17) is 18.9 Å². The van der Waals surface area contributed by atoms with Crippen LogP contribution in [0.2, 0.25) is 0 Å². The Kier molecular flexibility index (Phi) is 8.39. The molecule has 0 radical (unpaired) electrons. The summed E-state index contributed by atoms with van der Waals surface area (Å²) in [5.74, 6) is -4.40. The Bertz CT molecular complexity index is 1440. The molecule has 0 amide bonds. The fraction of sp³-hybridized carbons (Fsp3) is 0.636. The Hall–Kier alpha value is -3.20. The molecule has 46 heavy (non-hydrogen) atoms. The molecule has 3 unspecified atom stereocenters. The van der Waals surface area contributed by atoms with E-state index >= 15 is 0 Å². The first kappa shape index (κ1) is 32.7. The quantitative estimate of drug-likeness (QED) is 0.124. The van der Waals surface area contributed by atoms with Crippen molar-refractivity contribution in [1.82, 2.24) is 4.90 Å². The fourth-order valence-electron chi connectivity index (χ4n) is 7.90. The summed E-state index contributed by atoms with van der Waals surface area (Å²) in [6.45, 7) is 5.47. The average Bonchev–Trinajstić information content (AvgIpc) is 3.82. The number of esters is 3. The van der Waals surface area contributed by atoms with Gasteiger partial charge in [0.2, 0.25) is 6.10 Å². The number of carbonyl (C=O) groups is 4. The third kappa shape index (κ3) is 5.46. The number of rotatable bonds is 8. The number of hydrogen-bond donors (Lipinski definition) is 4. The van der Waals surface area contributed by atoms with Gasteiger partial charge >= 0.3 is 17.9 Å². The maximum Gasteiger partial charge on any atom is 0.348 e. The molecule has 13 nitrogen and oxygen atoms in total. The highest BCUT2D eigenvalue weighted by molar-refractivity contribution is 5.93. The van der Waals surface area contributed by atoms with Crippen molar-refractivity contribution < 1.29 is 58.6 Å². The topological polar surface area (TPSA) is 189 Å². The smallest absolute Gasteiger partial charge is 0.348 e. The van der Waals surface area contributed by atoms with E-state index in [2.05, 4.69) is 0 Å². The molecule has 5 aliphatic rings. The van der Waals surface area contributed by atoms with Gasteiger partial charge in [-0.1, -0.05) is 30.3 Å². The van der Waals surface area contributed by atoms with Crippen LogP contribution >= 0.6 is 0 Å². The zero-order valence-corrected chi connectivity index (χ0v) is 26.1. The molecule has 4 N–H and O–H groups in total. The number of fused-ring (bicyclic) bond motifs is 5. The maximum absolute atomic E-state index is 14.1. The van der Waals surface area contributed by atoms with Gasteiger partial charge in [-0.25, -0.2) is 4.79 Å². The third-order valence-electron chi connectivity index (χ3n) is 10.6. The van der Waals surface area contributed by atoms with E-state index < -0.39 is 82.8 Å². The van der Waals surface area contributed by atoms with Gasteiger partial charge in [0, 0.05) is 51.6 Å². The van der Waals surface area contributed by atoms with Gasteiger partial charge in [-0.15, -0.1) is 0 Å². The minimum Gasteiger partial charge on any atom is -0.455 e. The zero-order valence-electron chi connectivity index (χ0n) is 26.1. The molecular weight excluding hydrogens is 602 g/mol. The van der Waals surface area contributed by atoms with E-state index in [1.54, 1.807) is 31.2 Å². The van der Waals surface area contributed by atoms with Crippen LogP contribution in [0.4, 0.5) is 0 Å². The lowest BCUT2D eigenvalue weighted by molar-refractivity contribution is -0.341. The van der Waals surface area contributed by atoms with Crippen molar-refractivity contribution in [3.05, 3.63) is 47.0 Å². The second-order valence-corrected chi connectivity index (χ2v) is 13.6. The molecule has 4 fully saturated rings. The third-order valence-corrected chi connectivity index (χ3v) is 10.6. The lowest BCUT2D eigenvalue weighted by Gasteiger charge is -2.65. The van der Waals surface area contributed by atoms with Crippen LogP contribution in [0.15, 0.2) is 41.5 Å². The summed E-state index contributed by atoms with van der Waals surface area (Å²) in [5.41, 5.74) is -4.43. The van der Waals surface area contributed by atoms with Crippen LogP contribution in [0, 0.1) is 11.3 Å². The first-order valence-corrected chi connectivity index (χ1v) is 15.7. The minimum absolute atomic E-state index is 0.0200. The standard InChI is InChI=1S/C33H41NO12/c1-17-20-13-32(42,14-22(17)45-30(41)21(11-19-7-5-4-6-8-19)44-25(37)15-34-9-10-34)29(40)27-31(3,28(39)26(20)38)23(36)12-24-33(27,16-43-24)46-18(2)35/h4-8,21-24,26-27,29,36,38,40,42H,9-16H2,1-3H3/t21-,22+,23+,24?,26-,27?,29+,31?,32-,33+/m1/s1. The van der Waals surface area contributed by atoms with E-state index in [-0.39, 0.29) is 44.4 Å². The summed E-state index contributed by atoms with van der Waals surface area (Å²) in [5, 5.41) is 47.0. The van der Waals surface area contributed by atoms with Gasteiger partial charge in [0.25, 0.3) is 0 Å². The lowest BCUT2D eigenvalue weighted by atomic mass is 9.48. The number of carbonyl (C=O) groups excluding carboxylic acids is 4. The van der Waals surface area contributed by atoms with Crippen LogP contribution in [0.25, 0.3) is 0 Å². The molecule has 250 valence electrons. The molecule has 2 saturated carbocycles. The summed E-state index contributed by atoms with van der Waals surface area (Å²) in [6.07, 6.45) is -9.20. The van der Waals surface area contributed by atoms with Crippen molar-refractivity contribution in [3.8, 4) is 0 Å². The number of benzene rings is 1. The van der Waals surface area contributed by atoms with Crippen LogP contribution in [0.3, 0.4) is 0 Å². The van der Waals surface area contributed by atoms with E-state index in [0.29, 0.717) is 11.1 Å². The Morgan fingerprint density at radius 2 is 1.83 bits per heavy atom. The number of hydrogen-bond acceptors (Lipinski definition) is 13. The molecule has 13 heteroatoms. The summed E-state index contributed by atoms with van der Waals surface area (Å²) < 4.78 is 22.8. The second-order valence-electron chi connectivity index (χ2n) is 13.6. The highest BCUT2D eigenvalue weighted by Gasteiger charge is 2.74. The molecule has 1 aromatic rings. The van der Waals surface area contributed by atoms with Crippen molar-refractivity contribution in [2.24, 2.45) is 11.3 Å². The summed E-state index contributed by atoms with van der Waals surface area (Å²) in [7, 11) is 0. The molecule has 2 bridgehead atoms. The minimum atomic E-state index is -2.09. The first-order valence-electron chi connectivity index (χ1n) is 15.7. The number of ketones is 1. The number of nitrogens with zero attached hydrogens (tertiary/aromatic N) is 1. The maximum atomic E-state index is 14.1. The fourth-order valence-corrected chi connectivity index (χ4v) is 7.90. The molecule has 6 rings (SSSR count).